The lowest BCUT2D eigenvalue weighted by Gasteiger charge is -2.15. The largest absolute Gasteiger partial charge is 0.454 e. The first-order valence-corrected chi connectivity index (χ1v) is 5.54. The van der Waals surface area contributed by atoms with Crippen molar-refractivity contribution >= 4 is 11.6 Å². The fourth-order valence-electron chi connectivity index (χ4n) is 1.50. The molecule has 17 heavy (non-hydrogen) atoms. The van der Waals surface area contributed by atoms with E-state index in [0.717, 1.165) is 0 Å². The Kier molecular flexibility index (Phi) is 3.19. The van der Waals surface area contributed by atoms with E-state index in [4.69, 9.17) is 15.2 Å². The van der Waals surface area contributed by atoms with Crippen LogP contribution in [0.2, 0.25) is 0 Å². The molecule has 0 spiro atoms. The summed E-state index contributed by atoms with van der Waals surface area (Å²) in [7, 11) is 0. The summed E-state index contributed by atoms with van der Waals surface area (Å²) in [4.78, 5) is 11.7. The Morgan fingerprint density at radius 1 is 1.35 bits per heavy atom. The van der Waals surface area contributed by atoms with E-state index >= 15 is 0 Å². The van der Waals surface area contributed by atoms with Crippen LogP contribution in [0.25, 0.3) is 0 Å². The molecule has 1 aliphatic heterocycles. The van der Waals surface area contributed by atoms with Gasteiger partial charge in [0.2, 0.25) is 12.7 Å². The first-order chi connectivity index (χ1) is 8.08. The molecule has 0 aliphatic carbocycles. The summed E-state index contributed by atoms with van der Waals surface area (Å²) in [6, 6.07) is 4.74. The second-order valence-corrected chi connectivity index (χ2v) is 4.33. The zero-order valence-corrected chi connectivity index (χ0v) is 9.90. The lowest BCUT2D eigenvalue weighted by Crippen LogP contribution is -2.39. The zero-order valence-electron chi connectivity index (χ0n) is 9.90. The van der Waals surface area contributed by atoms with Crippen LogP contribution in [0.4, 0.5) is 5.69 Å². The molecule has 92 valence electrons. The van der Waals surface area contributed by atoms with E-state index in [-0.39, 0.29) is 18.6 Å². The van der Waals surface area contributed by atoms with Gasteiger partial charge in [0.1, 0.15) is 0 Å². The minimum Gasteiger partial charge on any atom is -0.454 e. The maximum absolute atomic E-state index is 11.7. The zero-order chi connectivity index (χ0) is 12.4. The first-order valence-electron chi connectivity index (χ1n) is 5.54. The predicted octanol–water partition coefficient (Wildman–Crippen LogP) is 1.34. The number of hydrogen-bond donors (Lipinski definition) is 2. The molecule has 1 heterocycles. The average molecular weight is 236 g/mol. The Bertz CT molecular complexity index is 432. The smallest absolute Gasteiger partial charge is 0.241 e. The maximum Gasteiger partial charge on any atom is 0.241 e. The Morgan fingerprint density at radius 2 is 2.06 bits per heavy atom. The van der Waals surface area contributed by atoms with Gasteiger partial charge in [0.05, 0.1) is 6.04 Å². The van der Waals surface area contributed by atoms with Gasteiger partial charge in [-0.15, -0.1) is 0 Å². The summed E-state index contributed by atoms with van der Waals surface area (Å²) >= 11 is 0. The van der Waals surface area contributed by atoms with E-state index in [1.807, 2.05) is 13.8 Å². The number of hydrogen-bond acceptors (Lipinski definition) is 4. The molecule has 1 aromatic rings. The van der Waals surface area contributed by atoms with Crippen molar-refractivity contribution in [2.45, 2.75) is 19.9 Å². The Hall–Kier alpha value is -1.75. The van der Waals surface area contributed by atoms with E-state index in [1.54, 1.807) is 18.2 Å². The molecule has 0 aromatic heterocycles. The molecule has 0 radical (unpaired) electrons. The number of rotatable bonds is 3. The molecule has 0 fully saturated rings. The number of fused-ring (bicyclic) bond motifs is 1. The van der Waals surface area contributed by atoms with Gasteiger partial charge in [0, 0.05) is 11.8 Å². The van der Waals surface area contributed by atoms with Crippen molar-refractivity contribution in [2.75, 3.05) is 12.1 Å². The van der Waals surface area contributed by atoms with Crippen molar-refractivity contribution in [1.82, 2.24) is 0 Å². The normalized spacial score (nSPS) is 14.8. The Morgan fingerprint density at radius 3 is 2.76 bits per heavy atom. The van der Waals surface area contributed by atoms with Crippen LogP contribution in [0.1, 0.15) is 13.8 Å². The number of amides is 1. The lowest BCUT2D eigenvalue weighted by atomic mass is 10.0. The summed E-state index contributed by atoms with van der Waals surface area (Å²) < 4.78 is 10.4. The molecule has 1 atom stereocenters. The molecular formula is C12H16N2O3. The van der Waals surface area contributed by atoms with Gasteiger partial charge in [0.15, 0.2) is 11.5 Å². The van der Waals surface area contributed by atoms with Crippen molar-refractivity contribution in [3.8, 4) is 11.5 Å². The van der Waals surface area contributed by atoms with Crippen molar-refractivity contribution in [2.24, 2.45) is 11.7 Å². The third kappa shape index (κ3) is 2.50. The fourth-order valence-corrected chi connectivity index (χ4v) is 1.50. The van der Waals surface area contributed by atoms with E-state index in [0.29, 0.717) is 17.2 Å². The van der Waals surface area contributed by atoms with Crippen molar-refractivity contribution in [3.05, 3.63) is 18.2 Å². The van der Waals surface area contributed by atoms with Crippen LogP contribution in [0.15, 0.2) is 18.2 Å². The molecule has 0 bridgehead atoms. The van der Waals surface area contributed by atoms with E-state index in [2.05, 4.69) is 5.32 Å². The number of benzene rings is 1. The second-order valence-electron chi connectivity index (χ2n) is 4.33. The highest BCUT2D eigenvalue weighted by Crippen LogP contribution is 2.34. The number of carbonyl (C=O) groups excluding carboxylic acids is 1. The molecule has 5 heteroatoms. The van der Waals surface area contributed by atoms with Gasteiger partial charge in [-0.1, -0.05) is 13.8 Å². The minimum atomic E-state index is -0.513. The van der Waals surface area contributed by atoms with Crippen molar-refractivity contribution < 1.29 is 14.3 Å². The maximum atomic E-state index is 11.7. The monoisotopic (exact) mass is 236 g/mol. The number of nitrogens with two attached hydrogens (primary N) is 1. The second kappa shape index (κ2) is 4.63. The van der Waals surface area contributed by atoms with Gasteiger partial charge in [0.25, 0.3) is 0 Å². The van der Waals surface area contributed by atoms with Gasteiger partial charge < -0.3 is 20.5 Å². The van der Waals surface area contributed by atoms with Gasteiger partial charge in [-0.05, 0) is 18.1 Å². The van der Waals surface area contributed by atoms with E-state index in [1.165, 1.54) is 0 Å². The summed E-state index contributed by atoms with van der Waals surface area (Å²) in [6.07, 6.45) is 0. The standard InChI is InChI=1S/C12H16N2O3/c1-7(2)11(13)12(15)14-8-3-4-9-10(5-8)17-6-16-9/h3-5,7,11H,6,13H2,1-2H3,(H,14,15)/t11-/m0/s1. The topological polar surface area (TPSA) is 73.6 Å². The Balaban J connectivity index is 2.07. The van der Waals surface area contributed by atoms with Crippen LogP contribution in [0.3, 0.4) is 0 Å². The summed E-state index contributed by atoms with van der Waals surface area (Å²) in [5, 5.41) is 2.75. The highest BCUT2D eigenvalue weighted by molar-refractivity contribution is 5.95. The van der Waals surface area contributed by atoms with Gasteiger partial charge in [-0.3, -0.25) is 4.79 Å². The summed E-state index contributed by atoms with van der Waals surface area (Å²) in [5.74, 6) is 1.24. The van der Waals surface area contributed by atoms with E-state index in [9.17, 15) is 4.79 Å². The predicted molar refractivity (Wildman–Crippen MR) is 64.0 cm³/mol. The molecule has 0 unspecified atom stereocenters. The van der Waals surface area contributed by atoms with Crippen LogP contribution in [0.5, 0.6) is 11.5 Å². The number of anilines is 1. The van der Waals surface area contributed by atoms with Gasteiger partial charge >= 0.3 is 0 Å². The first kappa shape index (κ1) is 11.7. The van der Waals surface area contributed by atoms with Crippen LogP contribution in [-0.4, -0.2) is 18.7 Å². The molecule has 1 aliphatic rings. The number of nitrogens with one attached hydrogen (secondary N) is 1. The van der Waals surface area contributed by atoms with Crippen LogP contribution in [0, 0.1) is 5.92 Å². The molecule has 1 aromatic carbocycles. The molecule has 3 N–H and O–H groups in total. The summed E-state index contributed by atoms with van der Waals surface area (Å²) in [5.41, 5.74) is 6.42. The lowest BCUT2D eigenvalue weighted by molar-refractivity contribution is -0.118. The minimum absolute atomic E-state index is 0.101. The molecule has 1 amide bonds. The third-order valence-corrected chi connectivity index (χ3v) is 2.66. The third-order valence-electron chi connectivity index (χ3n) is 2.66. The quantitative estimate of drug-likeness (QED) is 0.830. The fraction of sp³-hybridized carbons (Fsp3) is 0.417. The van der Waals surface area contributed by atoms with Crippen LogP contribution in [-0.2, 0) is 4.79 Å². The highest BCUT2D eigenvalue weighted by atomic mass is 16.7. The number of carbonyl (C=O) groups is 1. The Labute approximate surface area is 99.9 Å². The van der Waals surface area contributed by atoms with Crippen molar-refractivity contribution in [1.29, 1.82) is 0 Å². The average Bonchev–Trinajstić information content (AvgIpc) is 2.74. The van der Waals surface area contributed by atoms with Gasteiger partial charge in [-0.25, -0.2) is 0 Å². The van der Waals surface area contributed by atoms with Crippen LogP contribution >= 0.6 is 0 Å². The number of ether oxygens (including phenoxy) is 2. The molecular weight excluding hydrogens is 220 g/mol. The van der Waals surface area contributed by atoms with Crippen LogP contribution < -0.4 is 20.5 Å². The highest BCUT2D eigenvalue weighted by Gasteiger charge is 2.19. The molecule has 5 nitrogen and oxygen atoms in total. The SMILES string of the molecule is CC(C)[C@H](N)C(=O)Nc1ccc2c(c1)OCO2. The van der Waals surface area contributed by atoms with Gasteiger partial charge in [-0.2, -0.15) is 0 Å². The van der Waals surface area contributed by atoms with Crippen molar-refractivity contribution in [3.63, 3.8) is 0 Å². The molecule has 2 rings (SSSR count). The molecule has 0 saturated heterocycles. The molecule has 0 saturated carbocycles. The summed E-state index contributed by atoms with van der Waals surface area (Å²) in [6.45, 7) is 4.03. The van der Waals surface area contributed by atoms with E-state index < -0.39 is 6.04 Å².